The Morgan fingerprint density at radius 1 is 1.00 bits per heavy atom. The number of nitrogens with zero attached hydrogens (tertiary/aromatic N) is 2. The number of hydrogen-bond acceptors (Lipinski definition) is 3. The minimum absolute atomic E-state index is 0.0953. The highest BCUT2D eigenvalue weighted by atomic mass is 16.2. The lowest BCUT2D eigenvalue weighted by Gasteiger charge is -2.23. The van der Waals surface area contributed by atoms with Crippen molar-refractivity contribution in [3.8, 4) is 0 Å². The summed E-state index contributed by atoms with van der Waals surface area (Å²) in [5.74, 6) is -0.304. The monoisotopic (exact) mass is 321 g/mol. The van der Waals surface area contributed by atoms with Gasteiger partial charge in [-0.3, -0.25) is 9.59 Å². The van der Waals surface area contributed by atoms with Crippen LogP contribution in [0.3, 0.4) is 0 Å². The third-order valence-electron chi connectivity index (χ3n) is 3.84. The largest absolute Gasteiger partial charge is 0.351 e. The molecular formula is C19H19N3O2. The van der Waals surface area contributed by atoms with Gasteiger partial charge in [-0.05, 0) is 24.1 Å². The van der Waals surface area contributed by atoms with Gasteiger partial charge in [0.2, 0.25) is 5.91 Å². The summed E-state index contributed by atoms with van der Waals surface area (Å²) in [5.41, 5.74) is 2.24. The van der Waals surface area contributed by atoms with E-state index in [0.717, 1.165) is 6.42 Å². The minimum atomic E-state index is -0.209. The fraction of sp³-hybridized carbons (Fsp3) is 0.211. The van der Waals surface area contributed by atoms with E-state index in [9.17, 15) is 9.59 Å². The third-order valence-corrected chi connectivity index (χ3v) is 3.84. The maximum absolute atomic E-state index is 12.3. The summed E-state index contributed by atoms with van der Waals surface area (Å²) < 4.78 is 0. The van der Waals surface area contributed by atoms with Crippen LogP contribution >= 0.6 is 0 Å². The Labute approximate surface area is 141 Å². The Balaban J connectivity index is 1.62. The molecule has 0 spiro atoms. The molecule has 0 saturated heterocycles. The van der Waals surface area contributed by atoms with Crippen LogP contribution in [0.4, 0.5) is 5.69 Å². The van der Waals surface area contributed by atoms with Crippen molar-refractivity contribution in [1.29, 1.82) is 0 Å². The molecule has 0 aliphatic carbocycles. The molecule has 0 atom stereocenters. The van der Waals surface area contributed by atoms with Crippen molar-refractivity contribution in [2.45, 2.75) is 19.3 Å². The molecule has 0 fully saturated rings. The zero-order chi connectivity index (χ0) is 16.8. The summed E-state index contributed by atoms with van der Waals surface area (Å²) in [6.07, 6.45) is 1.43. The summed E-state index contributed by atoms with van der Waals surface area (Å²) in [4.78, 5) is 24.3. The van der Waals surface area contributed by atoms with Gasteiger partial charge in [0.05, 0.1) is 5.69 Å². The highest BCUT2D eigenvalue weighted by molar-refractivity contribution is 6.40. The molecule has 0 radical (unpaired) electrons. The van der Waals surface area contributed by atoms with E-state index in [1.165, 1.54) is 10.6 Å². The number of anilines is 1. The van der Waals surface area contributed by atoms with Gasteiger partial charge in [-0.25, -0.2) is 5.01 Å². The molecule has 1 heterocycles. The zero-order valence-electron chi connectivity index (χ0n) is 13.3. The van der Waals surface area contributed by atoms with Crippen LogP contribution in [-0.4, -0.2) is 24.1 Å². The van der Waals surface area contributed by atoms with Gasteiger partial charge in [0.25, 0.3) is 5.91 Å². The van der Waals surface area contributed by atoms with Crippen molar-refractivity contribution in [2.24, 2.45) is 5.10 Å². The van der Waals surface area contributed by atoms with E-state index in [4.69, 9.17) is 0 Å². The number of amides is 2. The molecule has 5 nitrogen and oxygen atoms in total. The molecule has 2 aromatic carbocycles. The van der Waals surface area contributed by atoms with E-state index >= 15 is 0 Å². The molecule has 0 saturated carbocycles. The van der Waals surface area contributed by atoms with Crippen molar-refractivity contribution in [1.82, 2.24) is 5.32 Å². The first-order valence-corrected chi connectivity index (χ1v) is 8.01. The number of hydrazone groups is 1. The summed E-state index contributed by atoms with van der Waals surface area (Å²) in [7, 11) is 0. The van der Waals surface area contributed by atoms with Crippen LogP contribution in [0.15, 0.2) is 65.8 Å². The fourth-order valence-corrected chi connectivity index (χ4v) is 2.55. The Hall–Kier alpha value is -2.95. The molecule has 0 aromatic heterocycles. The molecule has 24 heavy (non-hydrogen) atoms. The van der Waals surface area contributed by atoms with Gasteiger partial charge in [-0.2, -0.15) is 5.10 Å². The predicted octanol–water partition coefficient (Wildman–Crippen LogP) is 2.53. The summed E-state index contributed by atoms with van der Waals surface area (Å²) in [5, 5.41) is 8.44. The van der Waals surface area contributed by atoms with Gasteiger partial charge in [0, 0.05) is 19.4 Å². The first-order chi connectivity index (χ1) is 11.7. The van der Waals surface area contributed by atoms with Gasteiger partial charge in [-0.15, -0.1) is 0 Å². The molecule has 2 aromatic rings. The van der Waals surface area contributed by atoms with Crippen molar-refractivity contribution in [2.75, 3.05) is 11.6 Å². The third kappa shape index (κ3) is 3.87. The average molecular weight is 321 g/mol. The number of carbonyl (C=O) groups excluding carboxylic acids is 2. The molecule has 1 aliphatic rings. The highest BCUT2D eigenvalue weighted by Crippen LogP contribution is 2.19. The van der Waals surface area contributed by atoms with E-state index < -0.39 is 0 Å². The van der Waals surface area contributed by atoms with E-state index in [1.54, 1.807) is 12.1 Å². The minimum Gasteiger partial charge on any atom is -0.351 e. The lowest BCUT2D eigenvalue weighted by atomic mass is 10.1. The Bertz CT molecular complexity index is 742. The molecule has 122 valence electrons. The SMILES string of the molecule is O=C(NCCc1ccccc1)C1=NN(c2ccccc2)C(=O)CC1. The molecule has 0 bridgehead atoms. The van der Waals surface area contributed by atoms with E-state index in [2.05, 4.69) is 10.4 Å². The summed E-state index contributed by atoms with van der Waals surface area (Å²) in [6.45, 7) is 0.543. The number of carbonyl (C=O) groups is 2. The van der Waals surface area contributed by atoms with E-state index in [-0.39, 0.29) is 11.8 Å². The maximum atomic E-state index is 12.3. The first kappa shape index (κ1) is 15.9. The fourth-order valence-electron chi connectivity index (χ4n) is 2.55. The number of para-hydroxylation sites is 1. The molecule has 2 amide bonds. The topological polar surface area (TPSA) is 61.8 Å². The highest BCUT2D eigenvalue weighted by Gasteiger charge is 2.25. The van der Waals surface area contributed by atoms with Crippen molar-refractivity contribution < 1.29 is 9.59 Å². The summed E-state index contributed by atoms with van der Waals surface area (Å²) in [6, 6.07) is 19.1. The van der Waals surface area contributed by atoms with Gasteiger partial charge in [0.15, 0.2) is 0 Å². The van der Waals surface area contributed by atoms with E-state index in [1.807, 2.05) is 48.5 Å². The van der Waals surface area contributed by atoms with Gasteiger partial charge in [-0.1, -0.05) is 48.5 Å². The summed E-state index contributed by atoms with van der Waals surface area (Å²) >= 11 is 0. The standard InChI is InChI=1S/C19H19N3O2/c23-18-12-11-17(21-22(18)16-9-5-2-6-10-16)19(24)20-14-13-15-7-3-1-4-8-15/h1-10H,11-14H2,(H,20,24). The molecule has 0 unspecified atom stereocenters. The smallest absolute Gasteiger partial charge is 0.267 e. The number of nitrogens with one attached hydrogen (secondary N) is 1. The van der Waals surface area contributed by atoms with Crippen molar-refractivity contribution in [3.05, 3.63) is 66.2 Å². The first-order valence-electron chi connectivity index (χ1n) is 8.01. The second kappa shape index (κ2) is 7.55. The van der Waals surface area contributed by atoms with Crippen LogP contribution in [0.1, 0.15) is 18.4 Å². The van der Waals surface area contributed by atoms with E-state index in [0.29, 0.717) is 30.8 Å². The average Bonchev–Trinajstić information content (AvgIpc) is 2.63. The van der Waals surface area contributed by atoms with Gasteiger partial charge < -0.3 is 5.32 Å². The van der Waals surface area contributed by atoms with Crippen LogP contribution in [-0.2, 0) is 16.0 Å². The lowest BCUT2D eigenvalue weighted by molar-refractivity contribution is -0.118. The zero-order valence-corrected chi connectivity index (χ0v) is 13.3. The molecule has 5 heteroatoms. The Kier molecular flexibility index (Phi) is 5.01. The van der Waals surface area contributed by atoms with Crippen LogP contribution in [0.2, 0.25) is 0 Å². The number of rotatable bonds is 5. The van der Waals surface area contributed by atoms with Crippen molar-refractivity contribution in [3.63, 3.8) is 0 Å². The van der Waals surface area contributed by atoms with Gasteiger partial charge in [0.1, 0.15) is 5.71 Å². The second-order valence-electron chi connectivity index (χ2n) is 5.58. The van der Waals surface area contributed by atoms with Crippen LogP contribution in [0.5, 0.6) is 0 Å². The molecular weight excluding hydrogens is 302 g/mol. The molecule has 1 aliphatic heterocycles. The Morgan fingerprint density at radius 2 is 1.67 bits per heavy atom. The van der Waals surface area contributed by atoms with Crippen LogP contribution < -0.4 is 10.3 Å². The van der Waals surface area contributed by atoms with Crippen molar-refractivity contribution >= 4 is 23.2 Å². The number of hydrogen-bond donors (Lipinski definition) is 1. The molecule has 3 rings (SSSR count). The van der Waals surface area contributed by atoms with Crippen LogP contribution in [0, 0.1) is 0 Å². The second-order valence-corrected chi connectivity index (χ2v) is 5.58. The molecule has 1 N–H and O–H groups in total. The number of benzene rings is 2. The normalized spacial score (nSPS) is 14.2. The van der Waals surface area contributed by atoms with Crippen LogP contribution in [0.25, 0.3) is 0 Å². The lowest BCUT2D eigenvalue weighted by Crippen LogP contribution is -2.39. The maximum Gasteiger partial charge on any atom is 0.267 e. The Morgan fingerprint density at radius 3 is 2.38 bits per heavy atom. The quantitative estimate of drug-likeness (QED) is 0.920. The predicted molar refractivity (Wildman–Crippen MR) is 93.8 cm³/mol. The van der Waals surface area contributed by atoms with Gasteiger partial charge >= 0.3 is 0 Å².